The summed E-state index contributed by atoms with van der Waals surface area (Å²) in [5.74, 6) is 0.0387. The molecule has 0 atom stereocenters. The van der Waals surface area contributed by atoms with Gasteiger partial charge in [-0.3, -0.25) is 0 Å². The highest BCUT2D eigenvalue weighted by Crippen LogP contribution is 2.22. The zero-order valence-electron chi connectivity index (χ0n) is 9.98. The Morgan fingerprint density at radius 3 is 2.59 bits per heavy atom. The van der Waals surface area contributed by atoms with Crippen LogP contribution in [0.15, 0.2) is 29.8 Å². The molecule has 88 valence electrons. The average Bonchev–Trinajstić information content (AvgIpc) is 2.39. The molecule has 4 heteroatoms. The molecule has 0 aromatic heterocycles. The first-order chi connectivity index (χ1) is 8.13. The summed E-state index contributed by atoms with van der Waals surface area (Å²) in [6, 6.07) is 9.00. The average molecular weight is 231 g/mol. The topological polar surface area (TPSA) is 59.3 Å². The monoisotopic (exact) mass is 231 g/mol. The van der Waals surface area contributed by atoms with Crippen LogP contribution in [0, 0.1) is 11.3 Å². The van der Waals surface area contributed by atoms with Gasteiger partial charge >= 0.3 is 5.97 Å². The molecular formula is C13H13NO3. The summed E-state index contributed by atoms with van der Waals surface area (Å²) in [4.78, 5) is 11.4. The van der Waals surface area contributed by atoms with Crippen molar-refractivity contribution in [1.82, 2.24) is 0 Å². The van der Waals surface area contributed by atoms with E-state index in [2.05, 4.69) is 4.74 Å². The number of nitriles is 1. The number of allylic oxidation sites excluding steroid dienone is 1. The maximum absolute atomic E-state index is 11.4. The zero-order valence-corrected chi connectivity index (χ0v) is 9.98. The van der Waals surface area contributed by atoms with E-state index in [9.17, 15) is 4.79 Å². The molecule has 4 nitrogen and oxygen atoms in total. The maximum Gasteiger partial charge on any atom is 0.348 e. The molecule has 1 rings (SSSR count). The van der Waals surface area contributed by atoms with Crippen molar-refractivity contribution >= 4 is 11.5 Å². The number of carbonyl (C=O) groups excluding carboxylic acids is 1. The van der Waals surface area contributed by atoms with Crippen LogP contribution < -0.4 is 4.74 Å². The van der Waals surface area contributed by atoms with Gasteiger partial charge in [0.05, 0.1) is 14.2 Å². The molecular weight excluding hydrogens is 218 g/mol. The van der Waals surface area contributed by atoms with Gasteiger partial charge in [0.15, 0.2) is 0 Å². The number of esters is 1. The second kappa shape index (κ2) is 5.71. The molecule has 0 amide bonds. The molecule has 0 spiro atoms. The minimum atomic E-state index is -0.632. The third kappa shape index (κ3) is 2.85. The van der Waals surface area contributed by atoms with Crippen LogP contribution in [0.1, 0.15) is 12.5 Å². The molecule has 17 heavy (non-hydrogen) atoms. The summed E-state index contributed by atoms with van der Waals surface area (Å²) >= 11 is 0. The van der Waals surface area contributed by atoms with Gasteiger partial charge in [0.1, 0.15) is 17.4 Å². The molecule has 0 aliphatic rings. The second-order valence-electron chi connectivity index (χ2n) is 3.34. The number of ether oxygens (including phenoxy) is 2. The number of methoxy groups -OCH3 is 2. The highest BCUT2D eigenvalue weighted by molar-refractivity contribution is 6.01. The largest absolute Gasteiger partial charge is 0.497 e. The second-order valence-corrected chi connectivity index (χ2v) is 3.34. The minimum absolute atomic E-state index is 0.000697. The molecule has 1 aromatic rings. The van der Waals surface area contributed by atoms with Crippen molar-refractivity contribution in [2.75, 3.05) is 14.2 Å². The van der Waals surface area contributed by atoms with Crippen molar-refractivity contribution in [3.63, 3.8) is 0 Å². The maximum atomic E-state index is 11.4. The lowest BCUT2D eigenvalue weighted by atomic mass is 10.0. The molecule has 0 heterocycles. The summed E-state index contributed by atoms with van der Waals surface area (Å²) in [6.45, 7) is 1.70. The van der Waals surface area contributed by atoms with Crippen molar-refractivity contribution in [3.8, 4) is 11.8 Å². The first-order valence-corrected chi connectivity index (χ1v) is 4.97. The van der Waals surface area contributed by atoms with Crippen molar-refractivity contribution in [2.45, 2.75) is 6.92 Å². The van der Waals surface area contributed by atoms with Crippen LogP contribution in [0.2, 0.25) is 0 Å². The van der Waals surface area contributed by atoms with E-state index in [1.54, 1.807) is 38.3 Å². The Labute approximate surface area is 100 Å². The van der Waals surface area contributed by atoms with E-state index in [0.717, 1.165) is 5.56 Å². The lowest BCUT2D eigenvalue weighted by Gasteiger charge is -2.06. The predicted molar refractivity (Wildman–Crippen MR) is 63.2 cm³/mol. The molecule has 0 aliphatic carbocycles. The van der Waals surface area contributed by atoms with Crippen molar-refractivity contribution in [1.29, 1.82) is 5.26 Å². The number of hydrogen-bond donors (Lipinski definition) is 0. The highest BCUT2D eigenvalue weighted by atomic mass is 16.5. The van der Waals surface area contributed by atoms with Crippen molar-refractivity contribution in [3.05, 3.63) is 35.4 Å². The van der Waals surface area contributed by atoms with Gasteiger partial charge in [-0.25, -0.2) is 4.79 Å². The fourth-order valence-electron chi connectivity index (χ4n) is 1.39. The van der Waals surface area contributed by atoms with Gasteiger partial charge in [-0.2, -0.15) is 5.26 Å². The summed E-state index contributed by atoms with van der Waals surface area (Å²) in [6.07, 6.45) is 0. The Balaban J connectivity index is 3.25. The van der Waals surface area contributed by atoms with Crippen LogP contribution in [0.3, 0.4) is 0 Å². The molecule has 0 aliphatic heterocycles. The highest BCUT2D eigenvalue weighted by Gasteiger charge is 2.14. The smallest absolute Gasteiger partial charge is 0.348 e. The molecule has 0 saturated carbocycles. The van der Waals surface area contributed by atoms with E-state index in [0.29, 0.717) is 11.3 Å². The Morgan fingerprint density at radius 2 is 2.06 bits per heavy atom. The van der Waals surface area contributed by atoms with E-state index < -0.39 is 5.97 Å². The van der Waals surface area contributed by atoms with Gasteiger partial charge in [0, 0.05) is 0 Å². The first-order valence-electron chi connectivity index (χ1n) is 4.97. The van der Waals surface area contributed by atoms with Crippen LogP contribution in [-0.4, -0.2) is 20.2 Å². The van der Waals surface area contributed by atoms with Crippen LogP contribution in [0.4, 0.5) is 0 Å². The molecule has 0 bridgehead atoms. The van der Waals surface area contributed by atoms with Crippen LogP contribution in [0.5, 0.6) is 5.75 Å². The summed E-state index contributed by atoms with van der Waals surface area (Å²) in [5.41, 5.74) is 1.32. The predicted octanol–water partition coefficient (Wildman–Crippen LogP) is 2.17. The van der Waals surface area contributed by atoms with Gasteiger partial charge in [-0.1, -0.05) is 12.1 Å². The van der Waals surface area contributed by atoms with Gasteiger partial charge in [0.25, 0.3) is 0 Å². The fraction of sp³-hybridized carbons (Fsp3) is 0.231. The number of rotatable bonds is 3. The molecule has 0 unspecified atom stereocenters. The van der Waals surface area contributed by atoms with E-state index >= 15 is 0 Å². The normalized spacial score (nSPS) is 11.2. The molecule has 1 aromatic carbocycles. The third-order valence-corrected chi connectivity index (χ3v) is 2.38. The van der Waals surface area contributed by atoms with E-state index in [-0.39, 0.29) is 5.57 Å². The third-order valence-electron chi connectivity index (χ3n) is 2.38. The number of carbonyl (C=O) groups is 1. The molecule has 0 radical (unpaired) electrons. The number of benzene rings is 1. The van der Waals surface area contributed by atoms with Crippen LogP contribution in [0.25, 0.3) is 5.57 Å². The van der Waals surface area contributed by atoms with E-state index in [1.807, 2.05) is 6.07 Å². The van der Waals surface area contributed by atoms with Crippen molar-refractivity contribution < 1.29 is 14.3 Å². The molecule has 0 fully saturated rings. The minimum Gasteiger partial charge on any atom is -0.497 e. The van der Waals surface area contributed by atoms with Crippen LogP contribution >= 0.6 is 0 Å². The summed E-state index contributed by atoms with van der Waals surface area (Å²) in [5, 5.41) is 8.95. The lowest BCUT2D eigenvalue weighted by Crippen LogP contribution is -2.05. The Kier molecular flexibility index (Phi) is 4.29. The Hall–Kier alpha value is -2.28. The standard InChI is InChI=1S/C13H13NO3/c1-9(12(8-14)13(15)17-3)10-5-4-6-11(7-10)16-2/h4-7H,1-3H3/b12-9+. The summed E-state index contributed by atoms with van der Waals surface area (Å²) < 4.78 is 9.64. The van der Waals surface area contributed by atoms with Gasteiger partial charge in [-0.15, -0.1) is 0 Å². The number of hydrogen-bond acceptors (Lipinski definition) is 4. The Bertz CT molecular complexity index is 498. The Morgan fingerprint density at radius 1 is 1.35 bits per heavy atom. The van der Waals surface area contributed by atoms with Gasteiger partial charge in [-0.05, 0) is 30.2 Å². The lowest BCUT2D eigenvalue weighted by molar-refractivity contribution is -0.135. The first kappa shape index (κ1) is 12.8. The fourth-order valence-corrected chi connectivity index (χ4v) is 1.39. The van der Waals surface area contributed by atoms with Gasteiger partial charge < -0.3 is 9.47 Å². The van der Waals surface area contributed by atoms with E-state index in [4.69, 9.17) is 10.00 Å². The van der Waals surface area contributed by atoms with Crippen molar-refractivity contribution in [2.24, 2.45) is 0 Å². The molecule has 0 saturated heterocycles. The molecule has 0 N–H and O–H groups in total. The van der Waals surface area contributed by atoms with Crippen LogP contribution in [-0.2, 0) is 9.53 Å². The number of nitrogens with zero attached hydrogens (tertiary/aromatic N) is 1. The summed E-state index contributed by atoms with van der Waals surface area (Å²) in [7, 11) is 2.81. The van der Waals surface area contributed by atoms with Gasteiger partial charge in [0.2, 0.25) is 0 Å². The quantitative estimate of drug-likeness (QED) is 0.454. The zero-order chi connectivity index (χ0) is 12.8. The SMILES string of the molecule is COC(=O)/C(C#N)=C(\C)c1cccc(OC)c1. The van der Waals surface area contributed by atoms with E-state index in [1.165, 1.54) is 7.11 Å².